The molecule has 0 spiro atoms. The van der Waals surface area contributed by atoms with E-state index in [9.17, 15) is 22.6 Å². The molecule has 0 unspecified atom stereocenters. The van der Waals surface area contributed by atoms with Crippen molar-refractivity contribution in [2.75, 3.05) is 5.75 Å². The van der Waals surface area contributed by atoms with Gasteiger partial charge in [-0.2, -0.15) is 0 Å². The highest BCUT2D eigenvalue weighted by atomic mass is 32.2. The van der Waals surface area contributed by atoms with Gasteiger partial charge in [-0.25, -0.2) is 8.78 Å². The maximum atomic E-state index is 13.6. The third-order valence-electron chi connectivity index (χ3n) is 3.44. The van der Waals surface area contributed by atoms with Crippen molar-refractivity contribution in [2.24, 2.45) is 5.73 Å². The summed E-state index contributed by atoms with van der Waals surface area (Å²) < 4.78 is 39.0. The van der Waals surface area contributed by atoms with Gasteiger partial charge in [0.2, 0.25) is 5.91 Å². The molecule has 0 saturated heterocycles. The van der Waals surface area contributed by atoms with Crippen LogP contribution in [0.4, 0.5) is 8.78 Å². The summed E-state index contributed by atoms with van der Waals surface area (Å²) in [7, 11) is -1.38. The Hall–Kier alpha value is -2.61. The molecule has 0 fully saturated rings. The van der Waals surface area contributed by atoms with Crippen LogP contribution in [-0.2, 0) is 15.6 Å². The first-order valence-electron chi connectivity index (χ1n) is 7.37. The summed E-state index contributed by atoms with van der Waals surface area (Å²) in [5, 5.41) is 2.25. The second-order valence-corrected chi connectivity index (χ2v) is 6.75. The topological polar surface area (TPSA) is 89.3 Å². The predicted molar refractivity (Wildman–Crippen MR) is 89.1 cm³/mol. The third-order valence-corrected chi connectivity index (χ3v) is 4.85. The number of nitrogens with one attached hydrogen (secondary N) is 1. The van der Waals surface area contributed by atoms with Crippen molar-refractivity contribution in [1.29, 1.82) is 0 Å². The number of hydrogen-bond acceptors (Lipinski definition) is 3. The zero-order valence-electron chi connectivity index (χ0n) is 13.1. The molecule has 0 bridgehead atoms. The van der Waals surface area contributed by atoms with Gasteiger partial charge in [-0.05, 0) is 30.7 Å². The van der Waals surface area contributed by atoms with E-state index >= 15 is 0 Å². The summed E-state index contributed by atoms with van der Waals surface area (Å²) in [6.45, 7) is 0. The molecule has 0 aliphatic heterocycles. The highest BCUT2D eigenvalue weighted by Crippen LogP contribution is 2.12. The average molecular weight is 366 g/mol. The molecular weight excluding hydrogens is 350 g/mol. The van der Waals surface area contributed by atoms with Crippen molar-refractivity contribution >= 4 is 22.6 Å². The zero-order valence-corrected chi connectivity index (χ0v) is 13.9. The van der Waals surface area contributed by atoms with Crippen LogP contribution in [0.25, 0.3) is 0 Å². The Balaban J connectivity index is 2.03. The lowest BCUT2D eigenvalue weighted by Gasteiger charge is -2.15. The van der Waals surface area contributed by atoms with E-state index in [1.54, 1.807) is 30.3 Å². The van der Waals surface area contributed by atoms with Crippen LogP contribution >= 0.6 is 0 Å². The number of hydrogen-bond donors (Lipinski definition) is 2. The van der Waals surface area contributed by atoms with Crippen LogP contribution in [0.2, 0.25) is 0 Å². The van der Waals surface area contributed by atoms with Gasteiger partial charge >= 0.3 is 0 Å². The molecule has 0 aliphatic rings. The van der Waals surface area contributed by atoms with Gasteiger partial charge in [0.05, 0.1) is 16.4 Å². The van der Waals surface area contributed by atoms with E-state index in [1.807, 2.05) is 0 Å². The van der Waals surface area contributed by atoms with Gasteiger partial charge in [0.1, 0.15) is 6.04 Å². The van der Waals surface area contributed by atoms with Gasteiger partial charge in [0, 0.05) is 10.6 Å². The molecule has 0 heterocycles. The van der Waals surface area contributed by atoms with Crippen molar-refractivity contribution < 1.29 is 22.6 Å². The normalized spacial score (nSPS) is 13.0. The fourth-order valence-electron chi connectivity index (χ4n) is 2.12. The molecule has 2 rings (SSSR count). The maximum Gasteiger partial charge on any atom is 0.255 e. The highest BCUT2D eigenvalue weighted by molar-refractivity contribution is 7.85. The standard InChI is InChI=1S/C17H16F2N2O3S/c18-13-8-4-7-12(15(13)19)17(23)21-14(16(20)22)9-10-25(24)11-5-2-1-3-6-11/h1-8,14H,9-10H2,(H2,20,22)(H,21,23)/t14-,25+/m0/s1. The Morgan fingerprint density at radius 2 is 1.76 bits per heavy atom. The second kappa shape index (κ2) is 8.48. The Labute approximate surface area is 145 Å². The summed E-state index contributed by atoms with van der Waals surface area (Å²) >= 11 is 0. The molecule has 2 atom stereocenters. The number of benzene rings is 2. The lowest BCUT2D eigenvalue weighted by Crippen LogP contribution is -2.45. The molecule has 0 saturated carbocycles. The molecule has 0 radical (unpaired) electrons. The number of amides is 2. The minimum Gasteiger partial charge on any atom is -0.368 e. The van der Waals surface area contributed by atoms with Crippen LogP contribution in [-0.4, -0.2) is 27.8 Å². The quantitative estimate of drug-likeness (QED) is 0.782. The minimum atomic E-state index is -1.38. The summed E-state index contributed by atoms with van der Waals surface area (Å²) in [6, 6.07) is 10.6. The third kappa shape index (κ3) is 4.93. The lowest BCUT2D eigenvalue weighted by atomic mass is 10.1. The van der Waals surface area contributed by atoms with Crippen LogP contribution in [0.3, 0.4) is 0 Å². The summed E-state index contributed by atoms with van der Waals surface area (Å²) in [6.07, 6.45) is -0.000483. The Morgan fingerprint density at radius 3 is 2.40 bits per heavy atom. The number of carbonyl (C=O) groups excluding carboxylic acids is 2. The molecule has 2 aromatic carbocycles. The van der Waals surface area contributed by atoms with Crippen LogP contribution in [0.15, 0.2) is 53.4 Å². The maximum absolute atomic E-state index is 13.6. The van der Waals surface area contributed by atoms with Gasteiger partial charge in [-0.1, -0.05) is 24.3 Å². The molecule has 8 heteroatoms. The van der Waals surface area contributed by atoms with Gasteiger partial charge in [0.25, 0.3) is 5.91 Å². The van der Waals surface area contributed by atoms with Crippen LogP contribution in [0.5, 0.6) is 0 Å². The van der Waals surface area contributed by atoms with E-state index in [0.29, 0.717) is 4.90 Å². The molecular formula is C17H16F2N2O3S. The molecule has 0 aromatic heterocycles. The van der Waals surface area contributed by atoms with E-state index in [2.05, 4.69) is 5.32 Å². The smallest absolute Gasteiger partial charge is 0.255 e. The first-order chi connectivity index (χ1) is 11.9. The largest absolute Gasteiger partial charge is 0.368 e. The molecule has 132 valence electrons. The molecule has 5 nitrogen and oxygen atoms in total. The molecule has 2 aromatic rings. The fraction of sp³-hybridized carbons (Fsp3) is 0.176. The van der Waals surface area contributed by atoms with Gasteiger partial charge in [-0.15, -0.1) is 0 Å². The van der Waals surface area contributed by atoms with Crippen molar-refractivity contribution in [1.82, 2.24) is 5.32 Å². The number of nitrogens with two attached hydrogens (primary N) is 1. The van der Waals surface area contributed by atoms with Crippen LogP contribution < -0.4 is 11.1 Å². The van der Waals surface area contributed by atoms with Crippen LogP contribution in [0.1, 0.15) is 16.8 Å². The van der Waals surface area contributed by atoms with Gasteiger partial charge < -0.3 is 11.1 Å². The summed E-state index contributed by atoms with van der Waals surface area (Å²) in [5.41, 5.74) is 4.70. The molecule has 3 N–H and O–H groups in total. The molecule has 25 heavy (non-hydrogen) atoms. The Bertz CT molecular complexity index is 800. The number of carbonyl (C=O) groups is 2. The zero-order chi connectivity index (χ0) is 18.4. The van der Waals surface area contributed by atoms with Crippen molar-refractivity contribution in [3.05, 3.63) is 65.7 Å². The van der Waals surface area contributed by atoms with E-state index in [4.69, 9.17) is 5.73 Å². The highest BCUT2D eigenvalue weighted by Gasteiger charge is 2.22. The summed E-state index contributed by atoms with van der Waals surface area (Å²) in [5.74, 6) is -4.23. The van der Waals surface area contributed by atoms with Crippen molar-refractivity contribution in [3.63, 3.8) is 0 Å². The lowest BCUT2D eigenvalue weighted by molar-refractivity contribution is -0.119. The first-order valence-corrected chi connectivity index (χ1v) is 8.69. The number of halogens is 2. The number of primary amides is 1. The van der Waals surface area contributed by atoms with Crippen molar-refractivity contribution in [3.8, 4) is 0 Å². The van der Waals surface area contributed by atoms with Crippen molar-refractivity contribution in [2.45, 2.75) is 17.4 Å². The van der Waals surface area contributed by atoms with Crippen LogP contribution in [0, 0.1) is 11.6 Å². The van der Waals surface area contributed by atoms with E-state index in [1.165, 1.54) is 6.07 Å². The van der Waals surface area contributed by atoms with E-state index < -0.39 is 45.9 Å². The van der Waals surface area contributed by atoms with E-state index in [0.717, 1.165) is 12.1 Å². The Kier molecular flexibility index (Phi) is 6.35. The number of rotatable bonds is 7. The fourth-order valence-corrected chi connectivity index (χ4v) is 3.26. The Morgan fingerprint density at radius 1 is 1.08 bits per heavy atom. The molecule has 0 aliphatic carbocycles. The SMILES string of the molecule is NC(=O)[C@H](CC[S@@](=O)c1ccccc1)NC(=O)c1cccc(F)c1F. The minimum absolute atomic E-state index is 0.000483. The second-order valence-electron chi connectivity index (χ2n) is 5.18. The first kappa shape index (κ1) is 18.7. The predicted octanol–water partition coefficient (Wildman–Crippen LogP) is 1.75. The van der Waals surface area contributed by atoms with Gasteiger partial charge in [0.15, 0.2) is 11.6 Å². The monoisotopic (exact) mass is 366 g/mol. The van der Waals surface area contributed by atoms with E-state index in [-0.39, 0.29) is 12.2 Å². The van der Waals surface area contributed by atoms with Gasteiger partial charge in [-0.3, -0.25) is 13.8 Å². The summed E-state index contributed by atoms with van der Waals surface area (Å²) in [4.78, 5) is 24.1. The molecule has 2 amide bonds. The average Bonchev–Trinajstić information content (AvgIpc) is 2.61.